The minimum Gasteiger partial charge on any atom is -0.508 e. The van der Waals surface area contributed by atoms with Crippen molar-refractivity contribution in [1.82, 2.24) is 5.32 Å². The van der Waals surface area contributed by atoms with Gasteiger partial charge in [-0.2, -0.15) is 0 Å². The zero-order valence-electron chi connectivity index (χ0n) is 8.95. The van der Waals surface area contributed by atoms with E-state index in [-0.39, 0.29) is 11.7 Å². The van der Waals surface area contributed by atoms with Crippen LogP contribution in [0.2, 0.25) is 0 Å². The highest BCUT2D eigenvalue weighted by Gasteiger charge is 1.97. The Labute approximate surface area is 89.4 Å². The minimum absolute atomic E-state index is 0.113. The molecule has 0 aliphatic rings. The first kappa shape index (κ1) is 11.3. The molecule has 80 valence electrons. The van der Waals surface area contributed by atoms with Gasteiger partial charge >= 0.3 is 0 Å². The molecule has 0 aromatic heterocycles. The standard InChI is InChI=1S/C12H15NO2/c1-9(2)6-12(15)13-8-10-4-3-5-11(14)7-10/h3-7,14H,8H2,1-2H3,(H,13,15). The third-order valence-electron chi connectivity index (χ3n) is 1.80. The number of aromatic hydroxyl groups is 1. The largest absolute Gasteiger partial charge is 0.508 e. The monoisotopic (exact) mass is 205 g/mol. The minimum atomic E-state index is -0.113. The maximum absolute atomic E-state index is 11.3. The Balaban J connectivity index is 2.51. The predicted molar refractivity (Wildman–Crippen MR) is 59.4 cm³/mol. The summed E-state index contributed by atoms with van der Waals surface area (Å²) >= 11 is 0. The van der Waals surface area contributed by atoms with Crippen LogP contribution in [0.5, 0.6) is 5.75 Å². The summed E-state index contributed by atoms with van der Waals surface area (Å²) in [7, 11) is 0. The fraction of sp³-hybridized carbons (Fsp3) is 0.250. The molecule has 2 N–H and O–H groups in total. The molecular weight excluding hydrogens is 190 g/mol. The van der Waals surface area contributed by atoms with Gasteiger partial charge in [-0.3, -0.25) is 4.79 Å². The van der Waals surface area contributed by atoms with Crippen molar-refractivity contribution in [3.8, 4) is 5.75 Å². The molecule has 1 rings (SSSR count). The van der Waals surface area contributed by atoms with Crippen LogP contribution in [-0.4, -0.2) is 11.0 Å². The lowest BCUT2D eigenvalue weighted by atomic mass is 10.2. The molecule has 0 saturated heterocycles. The number of hydrogen-bond acceptors (Lipinski definition) is 2. The van der Waals surface area contributed by atoms with Crippen LogP contribution in [0.1, 0.15) is 19.4 Å². The lowest BCUT2D eigenvalue weighted by molar-refractivity contribution is -0.116. The summed E-state index contributed by atoms with van der Waals surface area (Å²) in [5.41, 5.74) is 1.84. The van der Waals surface area contributed by atoms with Gasteiger partial charge in [0, 0.05) is 12.6 Å². The Kier molecular flexibility index (Phi) is 3.92. The van der Waals surface area contributed by atoms with E-state index in [0.29, 0.717) is 6.54 Å². The summed E-state index contributed by atoms with van der Waals surface area (Å²) in [6.45, 7) is 4.17. The predicted octanol–water partition coefficient (Wildman–Crippen LogP) is 1.97. The second kappa shape index (κ2) is 5.20. The molecule has 1 aromatic rings. The van der Waals surface area contributed by atoms with E-state index in [2.05, 4.69) is 5.32 Å². The van der Waals surface area contributed by atoms with Crippen LogP contribution in [0, 0.1) is 0 Å². The van der Waals surface area contributed by atoms with Crippen LogP contribution < -0.4 is 5.32 Å². The summed E-state index contributed by atoms with van der Waals surface area (Å²) in [5, 5.41) is 11.9. The highest BCUT2D eigenvalue weighted by atomic mass is 16.3. The van der Waals surface area contributed by atoms with Crippen LogP contribution >= 0.6 is 0 Å². The average Bonchev–Trinajstić information content (AvgIpc) is 2.14. The number of phenols is 1. The van der Waals surface area contributed by atoms with Crippen LogP contribution in [0.15, 0.2) is 35.9 Å². The van der Waals surface area contributed by atoms with Crippen molar-refractivity contribution in [2.75, 3.05) is 0 Å². The Morgan fingerprint density at radius 2 is 2.20 bits per heavy atom. The molecule has 0 aliphatic carbocycles. The number of phenolic OH excluding ortho intramolecular Hbond substituents is 1. The van der Waals surface area contributed by atoms with Gasteiger partial charge < -0.3 is 10.4 Å². The zero-order chi connectivity index (χ0) is 11.3. The van der Waals surface area contributed by atoms with Gasteiger partial charge in [-0.05, 0) is 31.5 Å². The molecule has 0 bridgehead atoms. The average molecular weight is 205 g/mol. The summed E-state index contributed by atoms with van der Waals surface area (Å²) in [6, 6.07) is 6.82. The first-order valence-corrected chi connectivity index (χ1v) is 4.78. The van der Waals surface area contributed by atoms with E-state index in [4.69, 9.17) is 0 Å². The molecule has 15 heavy (non-hydrogen) atoms. The lowest BCUT2D eigenvalue weighted by Crippen LogP contribution is -2.20. The number of nitrogens with one attached hydrogen (secondary N) is 1. The van der Waals surface area contributed by atoms with Gasteiger partial charge in [0.25, 0.3) is 0 Å². The quantitative estimate of drug-likeness (QED) is 0.741. The SMILES string of the molecule is CC(C)=CC(=O)NCc1cccc(O)c1. The zero-order valence-corrected chi connectivity index (χ0v) is 8.95. The molecule has 0 heterocycles. The molecule has 0 saturated carbocycles. The second-order valence-corrected chi connectivity index (χ2v) is 3.61. The smallest absolute Gasteiger partial charge is 0.244 e. The Morgan fingerprint density at radius 1 is 1.47 bits per heavy atom. The van der Waals surface area contributed by atoms with E-state index in [1.54, 1.807) is 24.3 Å². The van der Waals surface area contributed by atoms with E-state index < -0.39 is 0 Å². The van der Waals surface area contributed by atoms with E-state index in [1.807, 2.05) is 19.9 Å². The molecule has 0 unspecified atom stereocenters. The van der Waals surface area contributed by atoms with E-state index in [9.17, 15) is 9.90 Å². The lowest BCUT2D eigenvalue weighted by Gasteiger charge is -2.03. The number of amides is 1. The molecule has 1 amide bonds. The van der Waals surface area contributed by atoms with Crippen molar-refractivity contribution in [1.29, 1.82) is 0 Å². The number of benzene rings is 1. The maximum Gasteiger partial charge on any atom is 0.244 e. The van der Waals surface area contributed by atoms with Gasteiger partial charge in [0.05, 0.1) is 0 Å². The third kappa shape index (κ3) is 4.31. The van der Waals surface area contributed by atoms with Crippen molar-refractivity contribution < 1.29 is 9.90 Å². The molecule has 0 radical (unpaired) electrons. The van der Waals surface area contributed by atoms with Crippen molar-refractivity contribution in [3.63, 3.8) is 0 Å². The number of hydrogen-bond donors (Lipinski definition) is 2. The summed E-state index contributed by atoms with van der Waals surface area (Å²) in [4.78, 5) is 11.3. The molecule has 0 atom stereocenters. The van der Waals surface area contributed by atoms with E-state index in [0.717, 1.165) is 11.1 Å². The van der Waals surface area contributed by atoms with Gasteiger partial charge in [0.2, 0.25) is 5.91 Å². The van der Waals surface area contributed by atoms with Crippen LogP contribution in [-0.2, 0) is 11.3 Å². The fourth-order valence-corrected chi connectivity index (χ4v) is 1.17. The molecule has 3 nitrogen and oxygen atoms in total. The van der Waals surface area contributed by atoms with E-state index >= 15 is 0 Å². The van der Waals surface area contributed by atoms with Gasteiger partial charge in [-0.1, -0.05) is 17.7 Å². The molecule has 0 spiro atoms. The number of allylic oxidation sites excluding steroid dienone is 1. The Hall–Kier alpha value is -1.77. The van der Waals surface area contributed by atoms with Crippen LogP contribution in [0.25, 0.3) is 0 Å². The topological polar surface area (TPSA) is 49.3 Å². The first-order valence-electron chi connectivity index (χ1n) is 4.78. The molecule has 0 aliphatic heterocycles. The maximum atomic E-state index is 11.3. The fourth-order valence-electron chi connectivity index (χ4n) is 1.17. The second-order valence-electron chi connectivity index (χ2n) is 3.61. The number of rotatable bonds is 3. The Morgan fingerprint density at radius 3 is 2.80 bits per heavy atom. The highest BCUT2D eigenvalue weighted by Crippen LogP contribution is 2.10. The molecule has 0 fully saturated rings. The van der Waals surface area contributed by atoms with Gasteiger partial charge in [0.1, 0.15) is 5.75 Å². The molecule has 3 heteroatoms. The molecular formula is C12H15NO2. The van der Waals surface area contributed by atoms with Crippen molar-refractivity contribution in [3.05, 3.63) is 41.5 Å². The van der Waals surface area contributed by atoms with Gasteiger partial charge in [-0.25, -0.2) is 0 Å². The Bertz CT molecular complexity index is 379. The first-order chi connectivity index (χ1) is 7.08. The summed E-state index contributed by atoms with van der Waals surface area (Å²) in [6.07, 6.45) is 1.54. The third-order valence-corrected chi connectivity index (χ3v) is 1.80. The number of carbonyl (C=O) groups excluding carboxylic acids is 1. The van der Waals surface area contributed by atoms with Gasteiger partial charge in [-0.15, -0.1) is 0 Å². The number of carbonyl (C=O) groups is 1. The van der Waals surface area contributed by atoms with Crippen LogP contribution in [0.3, 0.4) is 0 Å². The van der Waals surface area contributed by atoms with Crippen molar-refractivity contribution in [2.45, 2.75) is 20.4 Å². The summed E-state index contributed by atoms with van der Waals surface area (Å²) < 4.78 is 0. The molecule has 1 aromatic carbocycles. The van der Waals surface area contributed by atoms with Crippen molar-refractivity contribution >= 4 is 5.91 Å². The normalized spacial score (nSPS) is 9.47. The van der Waals surface area contributed by atoms with Crippen molar-refractivity contribution in [2.24, 2.45) is 0 Å². The highest BCUT2D eigenvalue weighted by molar-refractivity contribution is 5.87. The van der Waals surface area contributed by atoms with Gasteiger partial charge in [0.15, 0.2) is 0 Å². The van der Waals surface area contributed by atoms with E-state index in [1.165, 1.54) is 0 Å². The summed E-state index contributed by atoms with van der Waals surface area (Å²) in [5.74, 6) is 0.0994. The van der Waals surface area contributed by atoms with Crippen LogP contribution in [0.4, 0.5) is 0 Å².